The van der Waals surface area contributed by atoms with Crippen molar-refractivity contribution in [2.75, 3.05) is 25.1 Å². The van der Waals surface area contributed by atoms with Crippen LogP contribution in [0.3, 0.4) is 0 Å². The van der Waals surface area contributed by atoms with Gasteiger partial charge < -0.3 is 14.6 Å². The van der Waals surface area contributed by atoms with E-state index in [1.807, 2.05) is 6.07 Å². The second kappa shape index (κ2) is 10.2. The molecule has 1 atom stereocenters. The number of nitrogens with zero attached hydrogens (tertiary/aromatic N) is 1. The summed E-state index contributed by atoms with van der Waals surface area (Å²) >= 11 is 0. The molecule has 2 heterocycles. The molecule has 0 radical (unpaired) electrons. The van der Waals surface area contributed by atoms with Crippen molar-refractivity contribution in [3.8, 4) is 5.75 Å². The van der Waals surface area contributed by atoms with E-state index in [1.54, 1.807) is 19.2 Å². The number of nitrogens with one attached hydrogen (secondary N) is 1. The lowest BCUT2D eigenvalue weighted by Gasteiger charge is -2.24. The van der Waals surface area contributed by atoms with Crippen molar-refractivity contribution in [1.29, 1.82) is 0 Å². The molecule has 31 heavy (non-hydrogen) atoms. The molecule has 1 unspecified atom stereocenters. The molecule has 0 spiro atoms. The first-order chi connectivity index (χ1) is 14.6. The van der Waals surface area contributed by atoms with Gasteiger partial charge in [-0.2, -0.15) is 0 Å². The highest BCUT2D eigenvalue weighted by molar-refractivity contribution is 5.98. The van der Waals surface area contributed by atoms with Gasteiger partial charge in [0.2, 0.25) is 0 Å². The molecule has 1 fully saturated rings. The summed E-state index contributed by atoms with van der Waals surface area (Å²) < 4.78 is 18.7. The summed E-state index contributed by atoms with van der Waals surface area (Å²) in [7, 11) is 1.69. The number of methoxy groups -OCH3 is 1. The molecule has 1 aliphatic heterocycles. The molecule has 1 N–H and O–H groups in total. The number of H-pyrrole nitrogens is 1. The van der Waals surface area contributed by atoms with Crippen molar-refractivity contribution in [2.24, 2.45) is 5.92 Å². The summed E-state index contributed by atoms with van der Waals surface area (Å²) in [6, 6.07) is 12.1. The monoisotopic (exact) mass is 444 g/mol. The number of fused-ring (bicyclic) bond motifs is 1. The number of Topliss-reactive ketones (excluding diaryl/α,β-unsaturated/α-hetero) is 1. The number of ketones is 1. The molecule has 4 nitrogen and oxygen atoms in total. The van der Waals surface area contributed by atoms with Crippen LogP contribution in [0.25, 0.3) is 10.9 Å². The Labute approximate surface area is 189 Å². The topological polar surface area (TPSA) is 45.3 Å². The Balaban J connectivity index is 0.00000272. The maximum Gasteiger partial charge on any atom is 0.166 e. The van der Waals surface area contributed by atoms with E-state index in [0.717, 1.165) is 56.5 Å². The molecular formula is C25H30ClFN2O2. The first-order valence-corrected chi connectivity index (χ1v) is 10.8. The molecular weight excluding hydrogens is 415 g/mol. The zero-order valence-electron chi connectivity index (χ0n) is 18.1. The molecule has 166 valence electrons. The van der Waals surface area contributed by atoms with E-state index in [1.165, 1.54) is 28.9 Å². The number of anilines is 1. The van der Waals surface area contributed by atoms with Gasteiger partial charge in [0.05, 0.1) is 12.8 Å². The SMILES string of the molecule is CCCc1[nH]c2ccc(OC)cc2c1N1CCCC(C(=O)c2ccc(F)cc2)CC1.Cl. The number of hydrogen-bond donors (Lipinski definition) is 1. The number of benzene rings is 2. The van der Waals surface area contributed by atoms with Crippen LogP contribution in [0.2, 0.25) is 0 Å². The molecule has 1 aromatic heterocycles. The van der Waals surface area contributed by atoms with Crippen LogP contribution >= 0.6 is 12.4 Å². The zero-order chi connectivity index (χ0) is 21.1. The molecule has 1 saturated heterocycles. The number of ether oxygens (including phenoxy) is 1. The fourth-order valence-corrected chi connectivity index (χ4v) is 4.56. The number of hydrogen-bond acceptors (Lipinski definition) is 3. The Kier molecular flexibility index (Phi) is 7.60. The van der Waals surface area contributed by atoms with Gasteiger partial charge in [0.25, 0.3) is 0 Å². The van der Waals surface area contributed by atoms with Crippen molar-refractivity contribution in [3.63, 3.8) is 0 Å². The quantitative estimate of drug-likeness (QED) is 0.462. The van der Waals surface area contributed by atoms with Gasteiger partial charge in [-0.1, -0.05) is 13.3 Å². The fourth-order valence-electron chi connectivity index (χ4n) is 4.56. The minimum absolute atomic E-state index is 0. The van der Waals surface area contributed by atoms with E-state index >= 15 is 0 Å². The third-order valence-electron chi connectivity index (χ3n) is 6.10. The fraction of sp³-hybridized carbons (Fsp3) is 0.400. The van der Waals surface area contributed by atoms with Gasteiger partial charge in [0, 0.05) is 41.2 Å². The van der Waals surface area contributed by atoms with Crippen LogP contribution in [-0.4, -0.2) is 31.0 Å². The smallest absolute Gasteiger partial charge is 0.166 e. The van der Waals surface area contributed by atoms with Crippen LogP contribution in [0.1, 0.15) is 48.7 Å². The zero-order valence-corrected chi connectivity index (χ0v) is 18.9. The number of aryl methyl sites for hydroxylation is 1. The van der Waals surface area contributed by atoms with Crippen molar-refractivity contribution in [3.05, 3.63) is 59.5 Å². The van der Waals surface area contributed by atoms with Gasteiger partial charge in [-0.25, -0.2) is 4.39 Å². The number of halogens is 2. The van der Waals surface area contributed by atoms with E-state index in [2.05, 4.69) is 28.9 Å². The van der Waals surface area contributed by atoms with Crippen LogP contribution in [0.5, 0.6) is 5.75 Å². The van der Waals surface area contributed by atoms with Gasteiger partial charge in [-0.15, -0.1) is 12.4 Å². The summed E-state index contributed by atoms with van der Waals surface area (Å²) in [5.41, 5.74) is 4.24. The summed E-state index contributed by atoms with van der Waals surface area (Å²) in [6.45, 7) is 3.95. The van der Waals surface area contributed by atoms with Gasteiger partial charge >= 0.3 is 0 Å². The molecule has 1 aliphatic rings. The molecule has 0 saturated carbocycles. The maximum absolute atomic E-state index is 13.2. The molecule has 3 aromatic rings. The second-order valence-corrected chi connectivity index (χ2v) is 8.10. The lowest BCUT2D eigenvalue weighted by Crippen LogP contribution is -2.25. The van der Waals surface area contributed by atoms with E-state index in [-0.39, 0.29) is 29.9 Å². The maximum atomic E-state index is 13.2. The Morgan fingerprint density at radius 2 is 1.94 bits per heavy atom. The van der Waals surface area contributed by atoms with E-state index in [4.69, 9.17) is 4.74 Å². The van der Waals surface area contributed by atoms with Crippen LogP contribution in [-0.2, 0) is 6.42 Å². The number of carbonyl (C=O) groups excluding carboxylic acids is 1. The Bertz CT molecular complexity index is 1030. The number of aromatic nitrogens is 1. The van der Waals surface area contributed by atoms with Crippen molar-refractivity contribution in [1.82, 2.24) is 4.98 Å². The minimum Gasteiger partial charge on any atom is -0.497 e. The van der Waals surface area contributed by atoms with Crippen molar-refractivity contribution >= 4 is 34.8 Å². The van der Waals surface area contributed by atoms with E-state index in [0.29, 0.717) is 5.56 Å². The number of carbonyl (C=O) groups is 1. The highest BCUT2D eigenvalue weighted by Crippen LogP contribution is 2.36. The lowest BCUT2D eigenvalue weighted by atomic mass is 9.91. The molecule has 0 bridgehead atoms. The molecule has 0 amide bonds. The molecule has 0 aliphatic carbocycles. The third kappa shape index (κ3) is 4.87. The Morgan fingerprint density at radius 3 is 2.65 bits per heavy atom. The van der Waals surface area contributed by atoms with Gasteiger partial charge in [-0.3, -0.25) is 4.79 Å². The highest BCUT2D eigenvalue weighted by Gasteiger charge is 2.26. The highest BCUT2D eigenvalue weighted by atomic mass is 35.5. The van der Waals surface area contributed by atoms with Crippen LogP contribution in [0, 0.1) is 11.7 Å². The standard InChI is InChI=1S/C25H29FN2O2.ClH/c1-3-5-23-24(21-16-20(30-2)11-12-22(21)27-23)28-14-4-6-17(13-15-28)25(29)18-7-9-19(26)10-8-18;/h7-12,16-17,27H,3-6,13-15H2,1-2H3;1H. The van der Waals surface area contributed by atoms with E-state index < -0.39 is 0 Å². The lowest BCUT2D eigenvalue weighted by molar-refractivity contribution is 0.0910. The summed E-state index contributed by atoms with van der Waals surface area (Å²) in [4.78, 5) is 19.0. The van der Waals surface area contributed by atoms with Gasteiger partial charge in [0.1, 0.15) is 11.6 Å². The number of aromatic amines is 1. The van der Waals surface area contributed by atoms with Crippen LogP contribution in [0.15, 0.2) is 42.5 Å². The van der Waals surface area contributed by atoms with Crippen LogP contribution in [0.4, 0.5) is 10.1 Å². The summed E-state index contributed by atoms with van der Waals surface area (Å²) in [6.07, 6.45) is 4.68. The first-order valence-electron chi connectivity index (χ1n) is 10.8. The number of rotatable bonds is 6. The Morgan fingerprint density at radius 1 is 1.16 bits per heavy atom. The van der Waals surface area contributed by atoms with Crippen LogP contribution < -0.4 is 9.64 Å². The normalized spacial score (nSPS) is 16.6. The molecule has 4 rings (SSSR count). The largest absolute Gasteiger partial charge is 0.497 e. The average Bonchev–Trinajstić information content (AvgIpc) is 2.94. The van der Waals surface area contributed by atoms with Crippen molar-refractivity contribution < 1.29 is 13.9 Å². The third-order valence-corrected chi connectivity index (χ3v) is 6.10. The minimum atomic E-state index is -0.309. The predicted molar refractivity (Wildman–Crippen MR) is 126 cm³/mol. The summed E-state index contributed by atoms with van der Waals surface area (Å²) in [5, 5.41) is 1.18. The van der Waals surface area contributed by atoms with Crippen molar-refractivity contribution in [2.45, 2.75) is 39.0 Å². The average molecular weight is 445 g/mol. The Hall–Kier alpha value is -2.53. The predicted octanol–water partition coefficient (Wildman–Crippen LogP) is 6.18. The second-order valence-electron chi connectivity index (χ2n) is 8.10. The molecule has 2 aromatic carbocycles. The molecule has 6 heteroatoms. The summed E-state index contributed by atoms with van der Waals surface area (Å²) in [5.74, 6) is 0.655. The van der Waals surface area contributed by atoms with Gasteiger partial charge in [0.15, 0.2) is 5.78 Å². The first kappa shape index (κ1) is 23.1. The van der Waals surface area contributed by atoms with E-state index in [9.17, 15) is 9.18 Å². The van der Waals surface area contributed by atoms with Gasteiger partial charge in [-0.05, 0) is 68.1 Å².